The highest BCUT2D eigenvalue weighted by Crippen LogP contribution is 2.32. The molecule has 100 valence electrons. The zero-order chi connectivity index (χ0) is 14.0. The van der Waals surface area contributed by atoms with Crippen molar-refractivity contribution in [2.75, 3.05) is 31.3 Å². The van der Waals surface area contributed by atoms with Crippen molar-refractivity contribution in [1.82, 2.24) is 10.3 Å². The van der Waals surface area contributed by atoms with Gasteiger partial charge in [0.25, 0.3) is 0 Å². The number of aromatic nitrogens is 1. The average Bonchev–Trinajstić information content (AvgIpc) is 2.37. The first-order valence-electron chi connectivity index (χ1n) is 5.78. The predicted molar refractivity (Wildman–Crippen MR) is 81.2 cm³/mol. The van der Waals surface area contributed by atoms with Crippen molar-refractivity contribution in [3.8, 4) is 0 Å². The Bertz CT molecular complexity index is 624. The zero-order valence-corrected chi connectivity index (χ0v) is 12.4. The number of fused-ring (bicyclic) bond motifs is 1. The number of rotatable bonds is 3. The third-order valence-corrected chi connectivity index (χ3v) is 3.36. The molecular weight excluding hydrogens is 308 g/mol. The number of halogens is 1. The van der Waals surface area contributed by atoms with E-state index in [1.54, 1.807) is 13.2 Å². The van der Waals surface area contributed by atoms with Crippen LogP contribution in [-0.4, -0.2) is 31.5 Å². The van der Waals surface area contributed by atoms with E-state index in [9.17, 15) is 4.79 Å². The fourth-order valence-electron chi connectivity index (χ4n) is 1.97. The minimum atomic E-state index is -0.0677. The van der Waals surface area contributed by atoms with E-state index in [1.165, 1.54) is 0 Å². The molecule has 0 aliphatic rings. The van der Waals surface area contributed by atoms with Crippen LogP contribution in [0, 0.1) is 0 Å². The molecule has 0 aliphatic heterocycles. The van der Waals surface area contributed by atoms with Gasteiger partial charge < -0.3 is 16.0 Å². The number of benzene rings is 1. The number of nitrogens with zero attached hydrogens (tertiary/aromatic N) is 2. The molecule has 2 aromatic rings. The second-order valence-corrected chi connectivity index (χ2v) is 5.17. The summed E-state index contributed by atoms with van der Waals surface area (Å²) in [4.78, 5) is 17.6. The average molecular weight is 323 g/mol. The number of carbonyl (C=O) groups excluding carboxylic acids is 1. The van der Waals surface area contributed by atoms with Crippen LogP contribution < -0.4 is 16.0 Å². The molecule has 0 atom stereocenters. The molecule has 1 amide bonds. The van der Waals surface area contributed by atoms with Gasteiger partial charge in [0.1, 0.15) is 0 Å². The molecule has 6 heteroatoms. The Balaban J connectivity index is 2.54. The first-order valence-corrected chi connectivity index (χ1v) is 6.57. The highest BCUT2D eigenvalue weighted by molar-refractivity contribution is 9.10. The SMILES string of the molecule is CNC(=O)CN(C)c1c(N)cnc2ccc(Br)cc12. The maximum atomic E-state index is 11.5. The number of likely N-dealkylation sites (N-methyl/N-ethyl adjacent to an activating group) is 2. The van der Waals surface area contributed by atoms with Gasteiger partial charge in [-0.05, 0) is 18.2 Å². The molecule has 0 fully saturated rings. The van der Waals surface area contributed by atoms with Gasteiger partial charge in [-0.3, -0.25) is 9.78 Å². The Morgan fingerprint density at radius 1 is 1.53 bits per heavy atom. The van der Waals surface area contributed by atoms with Crippen LogP contribution in [0.5, 0.6) is 0 Å². The lowest BCUT2D eigenvalue weighted by Gasteiger charge is -2.21. The second kappa shape index (κ2) is 5.44. The molecule has 1 aromatic carbocycles. The standard InChI is InChI=1S/C13H15BrN4O/c1-16-12(19)7-18(2)13-9-5-8(14)3-4-11(9)17-6-10(13)15/h3-6H,7,15H2,1-2H3,(H,16,19). The van der Waals surface area contributed by atoms with Gasteiger partial charge in [0.05, 0.1) is 29.6 Å². The fourth-order valence-corrected chi connectivity index (χ4v) is 2.33. The Labute approximate surface area is 119 Å². The van der Waals surface area contributed by atoms with Crippen LogP contribution in [0.4, 0.5) is 11.4 Å². The summed E-state index contributed by atoms with van der Waals surface area (Å²) in [6.07, 6.45) is 1.62. The summed E-state index contributed by atoms with van der Waals surface area (Å²) in [5.41, 5.74) is 8.21. The van der Waals surface area contributed by atoms with Crippen LogP contribution >= 0.6 is 15.9 Å². The maximum absolute atomic E-state index is 11.5. The highest BCUT2D eigenvalue weighted by atomic mass is 79.9. The first-order chi connectivity index (χ1) is 9.02. The van der Waals surface area contributed by atoms with Gasteiger partial charge in [0.15, 0.2) is 0 Å². The van der Waals surface area contributed by atoms with Gasteiger partial charge in [-0.15, -0.1) is 0 Å². The van der Waals surface area contributed by atoms with E-state index in [0.717, 1.165) is 21.1 Å². The van der Waals surface area contributed by atoms with E-state index in [2.05, 4.69) is 26.2 Å². The fraction of sp³-hybridized carbons (Fsp3) is 0.231. The van der Waals surface area contributed by atoms with Gasteiger partial charge in [-0.1, -0.05) is 15.9 Å². The van der Waals surface area contributed by atoms with Crippen molar-refractivity contribution < 1.29 is 4.79 Å². The quantitative estimate of drug-likeness (QED) is 0.903. The summed E-state index contributed by atoms with van der Waals surface area (Å²) < 4.78 is 0.946. The summed E-state index contributed by atoms with van der Waals surface area (Å²) >= 11 is 3.44. The first kappa shape index (κ1) is 13.6. The van der Waals surface area contributed by atoms with Crippen molar-refractivity contribution in [1.29, 1.82) is 0 Å². The number of anilines is 2. The molecule has 2 rings (SSSR count). The predicted octanol–water partition coefficient (Wildman–Crippen LogP) is 1.76. The summed E-state index contributed by atoms with van der Waals surface area (Å²) in [6, 6.07) is 5.79. The van der Waals surface area contributed by atoms with Gasteiger partial charge in [0.2, 0.25) is 5.91 Å². The lowest BCUT2D eigenvalue weighted by molar-refractivity contribution is -0.119. The van der Waals surface area contributed by atoms with E-state index in [0.29, 0.717) is 5.69 Å². The van der Waals surface area contributed by atoms with E-state index >= 15 is 0 Å². The molecule has 0 spiro atoms. The van der Waals surface area contributed by atoms with E-state index in [4.69, 9.17) is 5.73 Å². The number of hydrogen-bond donors (Lipinski definition) is 2. The lowest BCUT2D eigenvalue weighted by atomic mass is 10.1. The molecule has 19 heavy (non-hydrogen) atoms. The third kappa shape index (κ3) is 2.78. The second-order valence-electron chi connectivity index (χ2n) is 4.25. The molecule has 5 nitrogen and oxygen atoms in total. The number of amides is 1. The van der Waals surface area contributed by atoms with Gasteiger partial charge in [0, 0.05) is 24.0 Å². The lowest BCUT2D eigenvalue weighted by Crippen LogP contribution is -2.33. The summed E-state index contributed by atoms with van der Waals surface area (Å²) in [7, 11) is 3.45. The minimum Gasteiger partial charge on any atom is -0.396 e. The van der Waals surface area contributed by atoms with E-state index in [1.807, 2.05) is 30.1 Å². The van der Waals surface area contributed by atoms with Crippen LogP contribution in [-0.2, 0) is 4.79 Å². The van der Waals surface area contributed by atoms with Gasteiger partial charge >= 0.3 is 0 Å². The molecule has 1 heterocycles. The summed E-state index contributed by atoms with van der Waals surface area (Å²) in [6.45, 7) is 0.242. The van der Waals surface area contributed by atoms with Gasteiger partial charge in [-0.2, -0.15) is 0 Å². The van der Waals surface area contributed by atoms with Crippen LogP contribution in [0.1, 0.15) is 0 Å². The molecular formula is C13H15BrN4O. The number of nitrogen functional groups attached to an aromatic ring is 1. The number of pyridine rings is 1. The zero-order valence-electron chi connectivity index (χ0n) is 10.8. The van der Waals surface area contributed by atoms with Crippen molar-refractivity contribution in [2.45, 2.75) is 0 Å². The van der Waals surface area contributed by atoms with Crippen LogP contribution in [0.3, 0.4) is 0 Å². The van der Waals surface area contributed by atoms with Crippen LogP contribution in [0.15, 0.2) is 28.9 Å². The van der Waals surface area contributed by atoms with Crippen molar-refractivity contribution in [2.24, 2.45) is 0 Å². The highest BCUT2D eigenvalue weighted by Gasteiger charge is 2.13. The Hall–Kier alpha value is -1.82. The largest absolute Gasteiger partial charge is 0.396 e. The number of nitrogens with one attached hydrogen (secondary N) is 1. The number of carbonyl (C=O) groups is 1. The smallest absolute Gasteiger partial charge is 0.239 e. The van der Waals surface area contributed by atoms with Crippen LogP contribution in [0.2, 0.25) is 0 Å². The number of nitrogens with two attached hydrogens (primary N) is 1. The molecule has 0 saturated heterocycles. The third-order valence-electron chi connectivity index (χ3n) is 2.87. The Morgan fingerprint density at radius 3 is 2.95 bits per heavy atom. The Morgan fingerprint density at radius 2 is 2.26 bits per heavy atom. The molecule has 0 unspecified atom stereocenters. The monoisotopic (exact) mass is 322 g/mol. The van der Waals surface area contributed by atoms with Crippen molar-refractivity contribution in [3.05, 3.63) is 28.9 Å². The number of hydrogen-bond acceptors (Lipinski definition) is 4. The minimum absolute atomic E-state index is 0.0677. The topological polar surface area (TPSA) is 71.2 Å². The molecule has 1 aromatic heterocycles. The van der Waals surface area contributed by atoms with Gasteiger partial charge in [-0.25, -0.2) is 0 Å². The molecule has 3 N–H and O–H groups in total. The molecule has 0 radical (unpaired) electrons. The maximum Gasteiger partial charge on any atom is 0.239 e. The molecule has 0 aliphatic carbocycles. The summed E-state index contributed by atoms with van der Waals surface area (Å²) in [5.74, 6) is -0.0677. The Kier molecular flexibility index (Phi) is 3.90. The normalized spacial score (nSPS) is 10.5. The van der Waals surface area contributed by atoms with Crippen LogP contribution in [0.25, 0.3) is 10.9 Å². The van der Waals surface area contributed by atoms with Crippen molar-refractivity contribution in [3.63, 3.8) is 0 Å². The summed E-state index contributed by atoms with van der Waals surface area (Å²) in [5, 5.41) is 3.52. The van der Waals surface area contributed by atoms with Crippen molar-refractivity contribution >= 4 is 44.1 Å². The molecule has 0 saturated carbocycles. The molecule has 0 bridgehead atoms. The van der Waals surface area contributed by atoms with E-state index in [-0.39, 0.29) is 12.5 Å². The van der Waals surface area contributed by atoms with E-state index < -0.39 is 0 Å².